The average Bonchev–Trinajstić information content (AvgIpc) is 2.33. The van der Waals surface area contributed by atoms with Crippen LogP contribution in [0.25, 0.3) is 0 Å². The highest BCUT2D eigenvalue weighted by Crippen LogP contribution is 2.35. The fraction of sp³-hybridized carbons (Fsp3) is 0.300. The van der Waals surface area contributed by atoms with Crippen molar-refractivity contribution in [3.8, 4) is 0 Å². The number of nitrogens with two attached hydrogens (primary N) is 1. The zero-order valence-corrected chi connectivity index (χ0v) is 7.74. The molecule has 1 amide bonds. The van der Waals surface area contributed by atoms with Crippen molar-refractivity contribution in [3.05, 3.63) is 29.3 Å². The van der Waals surface area contributed by atoms with Crippen LogP contribution in [0.1, 0.15) is 17.2 Å². The summed E-state index contributed by atoms with van der Waals surface area (Å²) in [5, 5.41) is 0. The number of benzene rings is 1. The fourth-order valence-electron chi connectivity index (χ4n) is 1.84. The summed E-state index contributed by atoms with van der Waals surface area (Å²) in [4.78, 5) is 13.1. The number of likely N-dealkylation sites (N-methyl/N-ethyl adjacent to an activating group) is 1. The smallest absolute Gasteiger partial charge is 0.248 e. The molecule has 0 fully saturated rings. The summed E-state index contributed by atoms with van der Waals surface area (Å²) in [6.07, 6.45) is 0. The zero-order valence-electron chi connectivity index (χ0n) is 7.74. The Kier molecular flexibility index (Phi) is 1.63. The van der Waals surface area contributed by atoms with Gasteiger partial charge >= 0.3 is 0 Å². The summed E-state index contributed by atoms with van der Waals surface area (Å²) in [6, 6.07) is 5.36. The molecule has 1 heterocycles. The number of aryl methyl sites for hydroxylation is 1. The lowest BCUT2D eigenvalue weighted by atomic mass is 10.1. The number of hydrogen-bond acceptors (Lipinski definition) is 2. The second-order valence-corrected chi connectivity index (χ2v) is 3.39. The van der Waals surface area contributed by atoms with E-state index >= 15 is 0 Å². The molecule has 3 nitrogen and oxygen atoms in total. The highest BCUT2D eigenvalue weighted by Gasteiger charge is 2.32. The Morgan fingerprint density at radius 2 is 2.15 bits per heavy atom. The fourth-order valence-corrected chi connectivity index (χ4v) is 1.84. The minimum Gasteiger partial charge on any atom is -0.316 e. The normalized spacial score (nSPS) is 20.7. The lowest BCUT2D eigenvalue weighted by Gasteiger charge is -2.11. The minimum atomic E-state index is -0.472. The molecule has 2 N–H and O–H groups in total. The summed E-state index contributed by atoms with van der Waals surface area (Å²) in [5.41, 5.74) is 8.77. The quantitative estimate of drug-likeness (QED) is 0.640. The third kappa shape index (κ3) is 0.971. The van der Waals surface area contributed by atoms with Crippen molar-refractivity contribution in [2.75, 3.05) is 11.9 Å². The topological polar surface area (TPSA) is 46.3 Å². The van der Waals surface area contributed by atoms with E-state index in [9.17, 15) is 4.79 Å². The molecule has 1 atom stereocenters. The summed E-state index contributed by atoms with van der Waals surface area (Å²) < 4.78 is 0. The Hall–Kier alpha value is -1.35. The van der Waals surface area contributed by atoms with Gasteiger partial charge in [-0.15, -0.1) is 0 Å². The first-order valence-electron chi connectivity index (χ1n) is 4.25. The van der Waals surface area contributed by atoms with Gasteiger partial charge in [0.1, 0.15) is 6.04 Å². The molecular weight excluding hydrogens is 164 g/mol. The minimum absolute atomic E-state index is 0.0238. The van der Waals surface area contributed by atoms with E-state index in [0.717, 1.165) is 16.8 Å². The maximum atomic E-state index is 11.5. The van der Waals surface area contributed by atoms with Gasteiger partial charge in [0.2, 0.25) is 5.91 Å². The maximum absolute atomic E-state index is 11.5. The average molecular weight is 176 g/mol. The summed E-state index contributed by atoms with van der Waals surface area (Å²) in [7, 11) is 1.76. The van der Waals surface area contributed by atoms with E-state index in [0.29, 0.717) is 0 Å². The SMILES string of the molecule is Cc1cccc2c1N(C)C(=O)[C@@H]2N. The van der Waals surface area contributed by atoms with E-state index in [4.69, 9.17) is 5.73 Å². The predicted molar refractivity (Wildman–Crippen MR) is 51.5 cm³/mol. The van der Waals surface area contributed by atoms with Gasteiger partial charge in [-0.25, -0.2) is 0 Å². The standard InChI is InChI=1S/C10H12N2O/c1-6-4-3-5-7-8(11)10(13)12(2)9(6)7/h3-5,8H,11H2,1-2H3/t8-/m1/s1. The van der Waals surface area contributed by atoms with Crippen LogP contribution in [0.4, 0.5) is 5.69 Å². The van der Waals surface area contributed by atoms with Gasteiger partial charge in [-0.3, -0.25) is 4.79 Å². The first-order valence-corrected chi connectivity index (χ1v) is 4.25. The van der Waals surface area contributed by atoms with Crippen molar-refractivity contribution >= 4 is 11.6 Å². The van der Waals surface area contributed by atoms with Crippen LogP contribution < -0.4 is 10.6 Å². The molecule has 1 aliphatic rings. The van der Waals surface area contributed by atoms with Crippen molar-refractivity contribution in [2.24, 2.45) is 5.73 Å². The lowest BCUT2D eigenvalue weighted by molar-refractivity contribution is -0.118. The first-order chi connectivity index (χ1) is 6.13. The number of para-hydroxylation sites is 1. The van der Waals surface area contributed by atoms with Gasteiger partial charge in [-0.05, 0) is 12.5 Å². The van der Waals surface area contributed by atoms with Gasteiger partial charge in [0.05, 0.1) is 5.69 Å². The lowest BCUT2D eigenvalue weighted by Crippen LogP contribution is -2.28. The van der Waals surface area contributed by atoms with Gasteiger partial charge < -0.3 is 10.6 Å². The van der Waals surface area contributed by atoms with Crippen molar-refractivity contribution in [3.63, 3.8) is 0 Å². The molecule has 0 saturated heterocycles. The van der Waals surface area contributed by atoms with Gasteiger partial charge in [0.15, 0.2) is 0 Å². The molecule has 68 valence electrons. The highest BCUT2D eigenvalue weighted by molar-refractivity contribution is 6.04. The molecule has 13 heavy (non-hydrogen) atoms. The van der Waals surface area contributed by atoms with Crippen molar-refractivity contribution < 1.29 is 4.79 Å². The number of hydrogen-bond donors (Lipinski definition) is 1. The monoisotopic (exact) mass is 176 g/mol. The van der Waals surface area contributed by atoms with E-state index in [1.54, 1.807) is 11.9 Å². The van der Waals surface area contributed by atoms with Crippen LogP contribution in [0.5, 0.6) is 0 Å². The molecule has 0 aliphatic carbocycles. The molecule has 0 saturated carbocycles. The van der Waals surface area contributed by atoms with Crippen LogP contribution in [0.2, 0.25) is 0 Å². The molecular formula is C10H12N2O. The Morgan fingerprint density at radius 1 is 1.46 bits per heavy atom. The third-order valence-corrected chi connectivity index (χ3v) is 2.54. The van der Waals surface area contributed by atoms with Gasteiger partial charge in [0, 0.05) is 12.6 Å². The van der Waals surface area contributed by atoms with Gasteiger partial charge in [-0.1, -0.05) is 18.2 Å². The van der Waals surface area contributed by atoms with E-state index in [1.165, 1.54) is 0 Å². The summed E-state index contributed by atoms with van der Waals surface area (Å²) in [5.74, 6) is -0.0238. The van der Waals surface area contributed by atoms with Gasteiger partial charge in [0.25, 0.3) is 0 Å². The molecule has 0 unspecified atom stereocenters. The number of nitrogens with zero attached hydrogens (tertiary/aromatic N) is 1. The van der Waals surface area contributed by atoms with Crippen LogP contribution in [-0.4, -0.2) is 13.0 Å². The van der Waals surface area contributed by atoms with Crippen molar-refractivity contribution in [2.45, 2.75) is 13.0 Å². The predicted octanol–water partition coefficient (Wildman–Crippen LogP) is 0.971. The first kappa shape index (κ1) is 8.26. The highest BCUT2D eigenvalue weighted by atomic mass is 16.2. The van der Waals surface area contributed by atoms with E-state index < -0.39 is 6.04 Å². The van der Waals surface area contributed by atoms with Gasteiger partial charge in [-0.2, -0.15) is 0 Å². The second-order valence-electron chi connectivity index (χ2n) is 3.39. The molecule has 3 heteroatoms. The van der Waals surface area contributed by atoms with E-state index in [2.05, 4.69) is 0 Å². The molecule has 0 bridgehead atoms. The van der Waals surface area contributed by atoms with Crippen LogP contribution >= 0.6 is 0 Å². The number of carbonyl (C=O) groups excluding carboxylic acids is 1. The molecule has 1 aromatic rings. The maximum Gasteiger partial charge on any atom is 0.248 e. The Morgan fingerprint density at radius 3 is 2.77 bits per heavy atom. The number of rotatable bonds is 0. The molecule has 1 aromatic carbocycles. The van der Waals surface area contributed by atoms with Crippen molar-refractivity contribution in [1.29, 1.82) is 0 Å². The Bertz CT molecular complexity index is 373. The summed E-state index contributed by atoms with van der Waals surface area (Å²) >= 11 is 0. The Balaban J connectivity index is 2.66. The summed E-state index contributed by atoms with van der Waals surface area (Å²) in [6.45, 7) is 1.99. The Labute approximate surface area is 77.1 Å². The molecule has 2 rings (SSSR count). The van der Waals surface area contributed by atoms with Crippen LogP contribution in [0.3, 0.4) is 0 Å². The number of fused-ring (bicyclic) bond motifs is 1. The molecule has 0 radical (unpaired) electrons. The van der Waals surface area contributed by atoms with Crippen LogP contribution in [-0.2, 0) is 4.79 Å². The molecule has 1 aliphatic heterocycles. The second kappa shape index (κ2) is 2.57. The van der Waals surface area contributed by atoms with E-state index in [1.807, 2.05) is 25.1 Å². The largest absolute Gasteiger partial charge is 0.316 e. The zero-order chi connectivity index (χ0) is 9.59. The molecule has 0 aromatic heterocycles. The third-order valence-electron chi connectivity index (χ3n) is 2.54. The number of carbonyl (C=O) groups is 1. The number of amides is 1. The van der Waals surface area contributed by atoms with E-state index in [-0.39, 0.29) is 5.91 Å². The molecule has 0 spiro atoms. The van der Waals surface area contributed by atoms with Crippen LogP contribution in [0.15, 0.2) is 18.2 Å². The van der Waals surface area contributed by atoms with Crippen LogP contribution in [0, 0.1) is 6.92 Å². The van der Waals surface area contributed by atoms with Crippen molar-refractivity contribution in [1.82, 2.24) is 0 Å². The number of anilines is 1.